The standard InChI is InChI=1S/C24H34N2O3/c1-3-21-20-11-10-18(16-22(20)26(25-21)19-8-6-5-7-9-19)17-12-14-24(28,15-13-17)23(27)29-4-2/h10-11,16-17,19,28H,3-9,12-15H2,1-2H3. The molecule has 0 spiro atoms. The van der Waals surface area contributed by atoms with Gasteiger partial charge in [-0.15, -0.1) is 0 Å². The van der Waals surface area contributed by atoms with Crippen molar-refractivity contribution in [3.8, 4) is 0 Å². The van der Waals surface area contributed by atoms with Crippen LogP contribution in [-0.4, -0.2) is 33.1 Å². The van der Waals surface area contributed by atoms with Crippen molar-refractivity contribution in [2.24, 2.45) is 0 Å². The van der Waals surface area contributed by atoms with Gasteiger partial charge in [0.05, 0.1) is 23.9 Å². The van der Waals surface area contributed by atoms with E-state index < -0.39 is 11.6 Å². The van der Waals surface area contributed by atoms with Crippen molar-refractivity contribution < 1.29 is 14.6 Å². The van der Waals surface area contributed by atoms with E-state index in [1.54, 1.807) is 6.92 Å². The molecule has 0 aliphatic heterocycles. The first-order valence-electron chi connectivity index (χ1n) is 11.5. The fraction of sp³-hybridized carbons (Fsp3) is 0.667. The lowest BCUT2D eigenvalue weighted by atomic mass is 9.76. The summed E-state index contributed by atoms with van der Waals surface area (Å²) in [6.07, 6.45) is 9.87. The molecule has 158 valence electrons. The van der Waals surface area contributed by atoms with Crippen molar-refractivity contribution in [3.05, 3.63) is 29.5 Å². The molecule has 2 saturated carbocycles. The molecule has 2 fully saturated rings. The number of aliphatic hydroxyl groups is 1. The molecule has 0 saturated heterocycles. The highest BCUT2D eigenvalue weighted by atomic mass is 16.5. The van der Waals surface area contributed by atoms with Gasteiger partial charge in [0.1, 0.15) is 0 Å². The Labute approximate surface area is 173 Å². The van der Waals surface area contributed by atoms with E-state index in [9.17, 15) is 9.90 Å². The second-order valence-electron chi connectivity index (χ2n) is 8.84. The third kappa shape index (κ3) is 3.94. The molecule has 2 aliphatic carbocycles. The maximum atomic E-state index is 12.1. The predicted octanol–water partition coefficient (Wildman–Crippen LogP) is 5.06. The Morgan fingerprint density at radius 2 is 1.90 bits per heavy atom. The number of hydrogen-bond acceptors (Lipinski definition) is 4. The molecule has 4 rings (SSSR count). The minimum atomic E-state index is -1.31. The van der Waals surface area contributed by atoms with Crippen LogP contribution in [0, 0.1) is 0 Å². The molecule has 1 aromatic heterocycles. The molecule has 0 radical (unpaired) electrons. The topological polar surface area (TPSA) is 64.3 Å². The molecular weight excluding hydrogens is 364 g/mol. The van der Waals surface area contributed by atoms with E-state index in [0.29, 0.717) is 31.4 Å². The summed E-state index contributed by atoms with van der Waals surface area (Å²) < 4.78 is 7.38. The zero-order chi connectivity index (χ0) is 20.4. The quantitative estimate of drug-likeness (QED) is 0.715. The Balaban J connectivity index is 1.58. The Morgan fingerprint density at radius 3 is 2.55 bits per heavy atom. The molecule has 2 aromatic rings. The summed E-state index contributed by atoms with van der Waals surface area (Å²) in [6, 6.07) is 7.31. The van der Waals surface area contributed by atoms with E-state index in [2.05, 4.69) is 29.8 Å². The first-order valence-corrected chi connectivity index (χ1v) is 11.5. The highest BCUT2D eigenvalue weighted by molar-refractivity contribution is 5.83. The summed E-state index contributed by atoms with van der Waals surface area (Å²) in [5, 5.41) is 16.9. The van der Waals surface area contributed by atoms with E-state index in [1.807, 2.05) is 0 Å². The number of carbonyl (C=O) groups is 1. The second-order valence-corrected chi connectivity index (χ2v) is 8.84. The van der Waals surface area contributed by atoms with Gasteiger partial charge in [-0.2, -0.15) is 5.10 Å². The molecule has 2 aliphatic rings. The molecule has 0 unspecified atom stereocenters. The van der Waals surface area contributed by atoms with E-state index >= 15 is 0 Å². The number of hydrogen-bond donors (Lipinski definition) is 1. The largest absolute Gasteiger partial charge is 0.464 e. The van der Waals surface area contributed by atoms with E-state index in [0.717, 1.165) is 19.3 Å². The summed E-state index contributed by atoms with van der Waals surface area (Å²) in [4.78, 5) is 12.1. The van der Waals surface area contributed by atoms with Crippen LogP contribution in [0.5, 0.6) is 0 Å². The van der Waals surface area contributed by atoms with Crippen LogP contribution in [0.1, 0.15) is 94.9 Å². The summed E-state index contributed by atoms with van der Waals surface area (Å²) in [6.45, 7) is 4.27. The fourth-order valence-electron chi connectivity index (χ4n) is 5.24. The van der Waals surface area contributed by atoms with Crippen LogP contribution < -0.4 is 0 Å². The zero-order valence-electron chi connectivity index (χ0n) is 17.8. The maximum absolute atomic E-state index is 12.1. The van der Waals surface area contributed by atoms with Gasteiger partial charge in [0, 0.05) is 5.39 Å². The molecule has 1 heterocycles. The monoisotopic (exact) mass is 398 g/mol. The number of nitrogens with zero attached hydrogens (tertiary/aromatic N) is 2. The van der Waals surface area contributed by atoms with E-state index in [-0.39, 0.29) is 0 Å². The number of rotatable bonds is 5. The third-order valence-electron chi connectivity index (χ3n) is 7.00. The Bertz CT molecular complexity index is 858. The molecule has 1 aromatic carbocycles. The second kappa shape index (κ2) is 8.47. The Morgan fingerprint density at radius 1 is 1.17 bits per heavy atom. The van der Waals surface area contributed by atoms with Crippen LogP contribution in [0.4, 0.5) is 0 Å². The Hall–Kier alpha value is -1.88. The minimum Gasteiger partial charge on any atom is -0.464 e. The molecule has 1 N–H and O–H groups in total. The SMILES string of the molecule is CCOC(=O)C1(O)CCC(c2ccc3c(CC)nn(C4CCCCC4)c3c2)CC1. The van der Waals surface area contributed by atoms with Crippen molar-refractivity contribution in [2.75, 3.05) is 6.61 Å². The van der Waals surface area contributed by atoms with Crippen LogP contribution in [0.3, 0.4) is 0 Å². The van der Waals surface area contributed by atoms with Crippen molar-refractivity contribution >= 4 is 16.9 Å². The van der Waals surface area contributed by atoms with Gasteiger partial charge in [-0.05, 0) is 69.4 Å². The van der Waals surface area contributed by atoms with Gasteiger partial charge in [0.15, 0.2) is 5.60 Å². The summed E-state index contributed by atoms with van der Waals surface area (Å²) >= 11 is 0. The third-order valence-corrected chi connectivity index (χ3v) is 7.00. The van der Waals surface area contributed by atoms with E-state index in [4.69, 9.17) is 9.84 Å². The smallest absolute Gasteiger partial charge is 0.338 e. The van der Waals surface area contributed by atoms with Crippen LogP contribution in [0.15, 0.2) is 18.2 Å². The predicted molar refractivity (Wildman–Crippen MR) is 114 cm³/mol. The molecule has 0 amide bonds. The van der Waals surface area contributed by atoms with Gasteiger partial charge >= 0.3 is 5.97 Å². The zero-order valence-corrected chi connectivity index (χ0v) is 17.8. The number of carbonyl (C=O) groups excluding carboxylic acids is 1. The number of benzene rings is 1. The van der Waals surface area contributed by atoms with Gasteiger partial charge < -0.3 is 9.84 Å². The summed E-state index contributed by atoms with van der Waals surface area (Å²) in [5.74, 6) is -0.0919. The normalized spacial score (nSPS) is 26.0. The average molecular weight is 399 g/mol. The lowest BCUT2D eigenvalue weighted by molar-refractivity contribution is -0.168. The molecule has 0 bridgehead atoms. The van der Waals surface area contributed by atoms with Crippen LogP contribution >= 0.6 is 0 Å². The van der Waals surface area contributed by atoms with Crippen LogP contribution in [0.2, 0.25) is 0 Å². The summed E-state index contributed by atoms with van der Waals surface area (Å²) in [5.41, 5.74) is 2.45. The molecular formula is C24H34N2O3. The first kappa shape index (κ1) is 20.4. The van der Waals surface area contributed by atoms with Gasteiger partial charge in [-0.25, -0.2) is 4.79 Å². The fourth-order valence-corrected chi connectivity index (χ4v) is 5.24. The number of ether oxygens (including phenoxy) is 1. The number of aryl methyl sites for hydroxylation is 1. The molecule has 5 heteroatoms. The van der Waals surface area contributed by atoms with Crippen LogP contribution in [0.25, 0.3) is 10.9 Å². The maximum Gasteiger partial charge on any atom is 0.338 e. The highest BCUT2D eigenvalue weighted by Crippen LogP contribution is 2.40. The van der Waals surface area contributed by atoms with Crippen LogP contribution in [-0.2, 0) is 16.0 Å². The van der Waals surface area contributed by atoms with Crippen molar-refractivity contribution in [1.82, 2.24) is 9.78 Å². The summed E-state index contributed by atoms with van der Waals surface area (Å²) in [7, 11) is 0. The molecule has 29 heavy (non-hydrogen) atoms. The Kier molecular flexibility index (Phi) is 5.95. The van der Waals surface area contributed by atoms with Crippen molar-refractivity contribution in [1.29, 1.82) is 0 Å². The number of aromatic nitrogens is 2. The lowest BCUT2D eigenvalue weighted by Crippen LogP contribution is -2.43. The molecule has 0 atom stereocenters. The minimum absolute atomic E-state index is 0.312. The van der Waals surface area contributed by atoms with Gasteiger partial charge in [-0.1, -0.05) is 38.3 Å². The number of esters is 1. The van der Waals surface area contributed by atoms with Crippen molar-refractivity contribution in [3.63, 3.8) is 0 Å². The average Bonchev–Trinajstić information content (AvgIpc) is 3.13. The highest BCUT2D eigenvalue weighted by Gasteiger charge is 2.41. The van der Waals surface area contributed by atoms with Crippen molar-refractivity contribution in [2.45, 2.75) is 95.6 Å². The van der Waals surface area contributed by atoms with Gasteiger partial charge in [-0.3, -0.25) is 4.68 Å². The van der Waals surface area contributed by atoms with E-state index in [1.165, 1.54) is 54.3 Å². The first-order chi connectivity index (χ1) is 14.1. The van der Waals surface area contributed by atoms with Gasteiger partial charge in [0.2, 0.25) is 0 Å². The van der Waals surface area contributed by atoms with Gasteiger partial charge in [0.25, 0.3) is 0 Å². The molecule has 5 nitrogen and oxygen atoms in total. The lowest BCUT2D eigenvalue weighted by Gasteiger charge is -2.34. The number of fused-ring (bicyclic) bond motifs is 1.